The van der Waals surface area contributed by atoms with Crippen LogP contribution in [0, 0.1) is 0 Å². The number of benzene rings is 3. The number of ether oxygens (including phenoxy) is 2. The minimum atomic E-state index is -0.290. The molecule has 1 unspecified atom stereocenters. The van der Waals surface area contributed by atoms with Crippen molar-refractivity contribution in [3.05, 3.63) is 106 Å². The summed E-state index contributed by atoms with van der Waals surface area (Å²) in [4.78, 5) is 6.99. The standard InChI is InChI=1S/C29H29ClN2O3/c30-27-17-25(26(19-33)23-10-8-21(9-11-23)18-32-13-15-34-16-14-32)29(28-24(27)7-4-12-31-28)35-20-22-5-2-1-3-6-22/h1-12,17,26,33H,13-16,18-20H2. The summed E-state index contributed by atoms with van der Waals surface area (Å²) in [6, 6.07) is 24.2. The Hall–Kier alpha value is -2.96. The summed E-state index contributed by atoms with van der Waals surface area (Å²) in [7, 11) is 0. The second kappa shape index (κ2) is 11.2. The number of rotatable bonds is 8. The third kappa shape index (κ3) is 5.49. The highest BCUT2D eigenvalue weighted by atomic mass is 35.5. The van der Waals surface area contributed by atoms with Gasteiger partial charge in [-0.05, 0) is 34.9 Å². The molecule has 5 rings (SSSR count). The first-order valence-corrected chi connectivity index (χ1v) is 12.3. The fraction of sp³-hybridized carbons (Fsp3) is 0.276. The topological polar surface area (TPSA) is 54.8 Å². The number of morpholine rings is 1. The number of halogens is 1. The van der Waals surface area contributed by atoms with Crippen LogP contribution >= 0.6 is 11.6 Å². The number of hydrogen-bond acceptors (Lipinski definition) is 5. The van der Waals surface area contributed by atoms with Gasteiger partial charge in [-0.1, -0.05) is 66.2 Å². The zero-order chi connectivity index (χ0) is 24.0. The molecule has 0 saturated carbocycles. The van der Waals surface area contributed by atoms with Crippen LogP contribution in [0.1, 0.15) is 28.2 Å². The van der Waals surface area contributed by atoms with Crippen molar-refractivity contribution in [3.63, 3.8) is 0 Å². The summed E-state index contributed by atoms with van der Waals surface area (Å²) < 4.78 is 11.8. The van der Waals surface area contributed by atoms with Crippen LogP contribution < -0.4 is 4.74 Å². The zero-order valence-electron chi connectivity index (χ0n) is 19.6. The molecule has 0 spiro atoms. The molecule has 1 atom stereocenters. The Balaban J connectivity index is 1.47. The first-order chi connectivity index (χ1) is 17.2. The molecule has 1 aliphatic heterocycles. The van der Waals surface area contributed by atoms with Gasteiger partial charge in [0.15, 0.2) is 0 Å². The maximum atomic E-state index is 10.5. The molecule has 3 aromatic carbocycles. The quantitative estimate of drug-likeness (QED) is 0.358. The molecule has 0 amide bonds. The molecule has 35 heavy (non-hydrogen) atoms. The van der Waals surface area contributed by atoms with Crippen LogP contribution in [0.25, 0.3) is 10.9 Å². The Morgan fingerprint density at radius 1 is 0.971 bits per heavy atom. The van der Waals surface area contributed by atoms with Crippen LogP contribution in [0.2, 0.25) is 5.02 Å². The van der Waals surface area contributed by atoms with Crippen LogP contribution in [-0.4, -0.2) is 47.9 Å². The lowest BCUT2D eigenvalue weighted by Gasteiger charge is -2.27. The van der Waals surface area contributed by atoms with E-state index in [1.165, 1.54) is 5.56 Å². The number of aromatic nitrogens is 1. The molecule has 0 aliphatic carbocycles. The lowest BCUT2D eigenvalue weighted by Crippen LogP contribution is -2.35. The highest BCUT2D eigenvalue weighted by Gasteiger charge is 2.23. The summed E-state index contributed by atoms with van der Waals surface area (Å²) in [5, 5.41) is 11.9. The van der Waals surface area contributed by atoms with Gasteiger partial charge in [0.25, 0.3) is 0 Å². The van der Waals surface area contributed by atoms with Gasteiger partial charge in [-0.2, -0.15) is 0 Å². The van der Waals surface area contributed by atoms with Crippen LogP contribution in [0.4, 0.5) is 0 Å². The minimum absolute atomic E-state index is 0.0703. The van der Waals surface area contributed by atoms with Gasteiger partial charge in [-0.25, -0.2) is 0 Å². The van der Waals surface area contributed by atoms with Crippen LogP contribution in [0.15, 0.2) is 79.0 Å². The average molecular weight is 489 g/mol. The van der Waals surface area contributed by atoms with E-state index in [-0.39, 0.29) is 12.5 Å². The molecule has 4 aromatic rings. The van der Waals surface area contributed by atoms with Crippen LogP contribution in [0.3, 0.4) is 0 Å². The second-order valence-corrected chi connectivity index (χ2v) is 9.22. The predicted octanol–water partition coefficient (Wildman–Crippen LogP) is 5.42. The summed E-state index contributed by atoms with van der Waals surface area (Å²) in [6.07, 6.45) is 1.74. The number of aliphatic hydroxyl groups excluding tert-OH is 1. The van der Waals surface area contributed by atoms with Crippen molar-refractivity contribution in [2.24, 2.45) is 0 Å². The molecular weight excluding hydrogens is 460 g/mol. The molecule has 1 saturated heterocycles. The van der Waals surface area contributed by atoms with Crippen LogP contribution in [-0.2, 0) is 17.9 Å². The minimum Gasteiger partial charge on any atom is -0.486 e. The maximum absolute atomic E-state index is 10.5. The van der Waals surface area contributed by atoms with Crippen molar-refractivity contribution >= 4 is 22.5 Å². The van der Waals surface area contributed by atoms with Crippen molar-refractivity contribution < 1.29 is 14.6 Å². The number of hydrogen-bond donors (Lipinski definition) is 1. The van der Waals surface area contributed by atoms with Crippen molar-refractivity contribution in [2.75, 3.05) is 32.9 Å². The van der Waals surface area contributed by atoms with Gasteiger partial charge in [0, 0.05) is 42.7 Å². The Bertz CT molecular complexity index is 1260. The van der Waals surface area contributed by atoms with Crippen molar-refractivity contribution in [2.45, 2.75) is 19.1 Å². The maximum Gasteiger partial charge on any atom is 0.150 e. The molecule has 1 aromatic heterocycles. The number of pyridine rings is 1. The molecule has 0 radical (unpaired) electrons. The summed E-state index contributed by atoms with van der Waals surface area (Å²) in [5.41, 5.74) is 4.85. The highest BCUT2D eigenvalue weighted by Crippen LogP contribution is 2.40. The third-order valence-corrected chi connectivity index (χ3v) is 6.81. The first kappa shape index (κ1) is 23.8. The Labute approximate surface area is 210 Å². The predicted molar refractivity (Wildman–Crippen MR) is 139 cm³/mol. The van der Waals surface area contributed by atoms with E-state index in [1.807, 2.05) is 48.5 Å². The molecule has 180 valence electrons. The lowest BCUT2D eigenvalue weighted by atomic mass is 9.89. The molecule has 1 aliphatic rings. The number of aliphatic hydroxyl groups is 1. The first-order valence-electron chi connectivity index (χ1n) is 12.0. The van der Waals surface area contributed by atoms with E-state index in [9.17, 15) is 5.11 Å². The van der Waals surface area contributed by atoms with E-state index < -0.39 is 0 Å². The summed E-state index contributed by atoms with van der Waals surface area (Å²) in [6.45, 7) is 4.69. The van der Waals surface area contributed by atoms with E-state index in [0.29, 0.717) is 22.9 Å². The third-order valence-electron chi connectivity index (χ3n) is 6.50. The van der Waals surface area contributed by atoms with Gasteiger partial charge in [0.2, 0.25) is 0 Å². The fourth-order valence-corrected chi connectivity index (χ4v) is 4.86. The number of nitrogens with zero attached hydrogens (tertiary/aromatic N) is 2. The zero-order valence-corrected chi connectivity index (χ0v) is 20.3. The van der Waals surface area contributed by atoms with Crippen molar-refractivity contribution in [1.29, 1.82) is 0 Å². The van der Waals surface area contributed by atoms with Gasteiger partial charge in [0.1, 0.15) is 17.9 Å². The normalized spacial score (nSPS) is 15.3. The smallest absolute Gasteiger partial charge is 0.150 e. The molecule has 5 nitrogen and oxygen atoms in total. The number of fused-ring (bicyclic) bond motifs is 1. The largest absolute Gasteiger partial charge is 0.486 e. The average Bonchev–Trinajstić information content (AvgIpc) is 2.91. The van der Waals surface area contributed by atoms with Gasteiger partial charge >= 0.3 is 0 Å². The SMILES string of the molecule is OCC(c1ccc(CN2CCOCC2)cc1)c1cc(Cl)c2cccnc2c1OCc1ccccc1. The van der Waals surface area contributed by atoms with E-state index in [1.54, 1.807) is 6.20 Å². The Kier molecular flexibility index (Phi) is 7.60. The second-order valence-electron chi connectivity index (χ2n) is 8.82. The van der Waals surface area contributed by atoms with Crippen molar-refractivity contribution in [1.82, 2.24) is 9.88 Å². The van der Waals surface area contributed by atoms with Gasteiger partial charge in [-0.3, -0.25) is 9.88 Å². The summed E-state index contributed by atoms with van der Waals surface area (Å²) in [5.74, 6) is 0.368. The molecule has 1 N–H and O–H groups in total. The van der Waals surface area contributed by atoms with Gasteiger partial charge in [-0.15, -0.1) is 0 Å². The molecule has 0 bridgehead atoms. The van der Waals surface area contributed by atoms with E-state index in [0.717, 1.165) is 54.9 Å². The Morgan fingerprint density at radius 3 is 2.49 bits per heavy atom. The molecule has 1 fully saturated rings. The van der Waals surface area contributed by atoms with Crippen molar-refractivity contribution in [3.8, 4) is 5.75 Å². The molecule has 2 heterocycles. The fourth-order valence-electron chi connectivity index (χ4n) is 4.59. The van der Waals surface area contributed by atoms with Crippen LogP contribution in [0.5, 0.6) is 5.75 Å². The highest BCUT2D eigenvalue weighted by molar-refractivity contribution is 6.35. The molecule has 6 heteroatoms. The monoisotopic (exact) mass is 488 g/mol. The molecular formula is C29H29ClN2O3. The van der Waals surface area contributed by atoms with E-state index in [4.69, 9.17) is 21.1 Å². The summed E-state index contributed by atoms with van der Waals surface area (Å²) >= 11 is 6.68. The van der Waals surface area contributed by atoms with E-state index >= 15 is 0 Å². The van der Waals surface area contributed by atoms with Gasteiger partial charge in [0.05, 0.1) is 24.8 Å². The lowest BCUT2D eigenvalue weighted by molar-refractivity contribution is 0.0342. The van der Waals surface area contributed by atoms with Gasteiger partial charge < -0.3 is 14.6 Å². The Morgan fingerprint density at radius 2 is 1.74 bits per heavy atom. The van der Waals surface area contributed by atoms with E-state index in [2.05, 4.69) is 34.1 Å².